The Morgan fingerprint density at radius 3 is 2.86 bits per heavy atom. The molecule has 1 aliphatic rings. The van der Waals surface area contributed by atoms with Crippen LogP contribution < -0.4 is 0 Å². The van der Waals surface area contributed by atoms with Crippen LogP contribution in [0.3, 0.4) is 0 Å². The monoisotopic (exact) mass is 306 g/mol. The number of thiophene rings is 1. The highest BCUT2D eigenvalue weighted by Crippen LogP contribution is 2.24. The molecular formula is C16H22N2O2S. The summed E-state index contributed by atoms with van der Waals surface area (Å²) >= 11 is 1.61. The fourth-order valence-corrected chi connectivity index (χ4v) is 3.52. The maximum atomic E-state index is 12.6. The van der Waals surface area contributed by atoms with Gasteiger partial charge in [0.25, 0.3) is 0 Å². The molecule has 1 fully saturated rings. The van der Waals surface area contributed by atoms with E-state index in [9.17, 15) is 9.59 Å². The Kier molecular flexibility index (Phi) is 5.17. The summed E-state index contributed by atoms with van der Waals surface area (Å²) in [5.41, 5.74) is 0. The van der Waals surface area contributed by atoms with Crippen LogP contribution in [0.25, 0.3) is 0 Å². The molecule has 1 aromatic rings. The number of carbonyl (C=O) groups excluding carboxylic acids is 2. The number of amides is 2. The zero-order valence-corrected chi connectivity index (χ0v) is 13.4. The highest BCUT2D eigenvalue weighted by atomic mass is 32.1. The van der Waals surface area contributed by atoms with Crippen LogP contribution >= 0.6 is 11.3 Å². The quantitative estimate of drug-likeness (QED) is 0.802. The zero-order valence-electron chi connectivity index (χ0n) is 12.6. The second kappa shape index (κ2) is 6.89. The van der Waals surface area contributed by atoms with E-state index in [1.165, 1.54) is 6.08 Å². The Hall–Kier alpha value is -1.62. The van der Waals surface area contributed by atoms with Gasteiger partial charge in [0.1, 0.15) is 0 Å². The lowest BCUT2D eigenvalue weighted by Crippen LogP contribution is -2.56. The molecule has 1 saturated heterocycles. The zero-order chi connectivity index (χ0) is 15.4. The first-order valence-corrected chi connectivity index (χ1v) is 8.21. The molecule has 0 radical (unpaired) electrons. The second-order valence-corrected chi connectivity index (χ2v) is 6.30. The molecule has 21 heavy (non-hydrogen) atoms. The highest BCUT2D eigenvalue weighted by Gasteiger charge is 2.32. The van der Waals surface area contributed by atoms with Gasteiger partial charge in [-0.2, -0.15) is 0 Å². The van der Waals surface area contributed by atoms with Crippen molar-refractivity contribution in [3.05, 3.63) is 35.0 Å². The van der Waals surface area contributed by atoms with E-state index in [1.807, 2.05) is 41.2 Å². The molecule has 1 aromatic heterocycles. The van der Waals surface area contributed by atoms with E-state index in [4.69, 9.17) is 0 Å². The predicted molar refractivity (Wildman–Crippen MR) is 85.3 cm³/mol. The number of hydrogen-bond donors (Lipinski definition) is 0. The lowest BCUT2D eigenvalue weighted by atomic mass is 10.0. The van der Waals surface area contributed by atoms with Gasteiger partial charge in [0.05, 0.1) is 5.92 Å². The van der Waals surface area contributed by atoms with Crippen molar-refractivity contribution in [2.75, 3.05) is 19.6 Å². The van der Waals surface area contributed by atoms with Crippen LogP contribution in [0.2, 0.25) is 0 Å². The van der Waals surface area contributed by atoms with Crippen LogP contribution in [0.5, 0.6) is 0 Å². The van der Waals surface area contributed by atoms with Crippen molar-refractivity contribution in [2.45, 2.75) is 32.2 Å². The van der Waals surface area contributed by atoms with Gasteiger partial charge < -0.3 is 9.80 Å². The van der Waals surface area contributed by atoms with E-state index >= 15 is 0 Å². The van der Waals surface area contributed by atoms with E-state index in [0.717, 1.165) is 11.3 Å². The van der Waals surface area contributed by atoms with Crippen molar-refractivity contribution < 1.29 is 9.59 Å². The normalized spacial score (nSPS) is 20.2. The van der Waals surface area contributed by atoms with Crippen LogP contribution in [-0.2, 0) is 9.59 Å². The topological polar surface area (TPSA) is 40.6 Å². The average molecular weight is 306 g/mol. The van der Waals surface area contributed by atoms with Crippen LogP contribution in [0.1, 0.15) is 31.1 Å². The largest absolute Gasteiger partial charge is 0.338 e. The summed E-state index contributed by atoms with van der Waals surface area (Å²) in [4.78, 5) is 29.3. The third kappa shape index (κ3) is 3.35. The first-order valence-electron chi connectivity index (χ1n) is 7.33. The molecule has 2 atom stereocenters. The van der Waals surface area contributed by atoms with Crippen LogP contribution in [0.4, 0.5) is 0 Å². The molecular weight excluding hydrogens is 284 g/mol. The molecule has 2 rings (SSSR count). The van der Waals surface area contributed by atoms with Gasteiger partial charge in [-0.05, 0) is 30.9 Å². The average Bonchev–Trinajstić information content (AvgIpc) is 3.06. The maximum absolute atomic E-state index is 12.6. The standard InChI is InChI=1S/C16H22N2O2S/c1-4-13-11-17(8-9-18(13)15(19)5-2)16(20)12(3)14-7-6-10-21-14/h5-7,10,12-13H,2,4,8-9,11H2,1,3H3/t12?,13-/m1/s1. The van der Waals surface area contributed by atoms with Crippen LogP contribution in [-0.4, -0.2) is 47.3 Å². The number of piperazine rings is 1. The third-order valence-electron chi connectivity index (χ3n) is 4.06. The maximum Gasteiger partial charge on any atom is 0.246 e. The van der Waals surface area contributed by atoms with Crippen molar-refractivity contribution in [1.29, 1.82) is 0 Å². The van der Waals surface area contributed by atoms with Gasteiger partial charge >= 0.3 is 0 Å². The molecule has 4 nitrogen and oxygen atoms in total. The van der Waals surface area contributed by atoms with Gasteiger partial charge in [-0.3, -0.25) is 9.59 Å². The number of nitrogens with zero attached hydrogens (tertiary/aromatic N) is 2. The van der Waals surface area contributed by atoms with Gasteiger partial charge in [-0.15, -0.1) is 11.3 Å². The van der Waals surface area contributed by atoms with Crippen molar-refractivity contribution in [2.24, 2.45) is 0 Å². The molecule has 1 unspecified atom stereocenters. The number of carbonyl (C=O) groups is 2. The minimum Gasteiger partial charge on any atom is -0.338 e. The Balaban J connectivity index is 2.04. The highest BCUT2D eigenvalue weighted by molar-refractivity contribution is 7.10. The fourth-order valence-electron chi connectivity index (χ4n) is 2.75. The lowest BCUT2D eigenvalue weighted by molar-refractivity contribution is -0.141. The first kappa shape index (κ1) is 15.8. The summed E-state index contributed by atoms with van der Waals surface area (Å²) in [5, 5.41) is 1.99. The van der Waals surface area contributed by atoms with Crippen molar-refractivity contribution >= 4 is 23.2 Å². The Labute approximate surface area is 130 Å². The molecule has 1 aliphatic heterocycles. The number of rotatable bonds is 4. The Morgan fingerprint density at radius 2 is 2.29 bits per heavy atom. The minimum atomic E-state index is -0.107. The van der Waals surface area contributed by atoms with Crippen molar-refractivity contribution in [3.63, 3.8) is 0 Å². The van der Waals surface area contributed by atoms with Gasteiger partial charge in [-0.1, -0.05) is 19.6 Å². The first-order chi connectivity index (χ1) is 10.1. The molecule has 0 aromatic carbocycles. The van der Waals surface area contributed by atoms with Gasteiger partial charge in [0.2, 0.25) is 11.8 Å². The summed E-state index contributed by atoms with van der Waals surface area (Å²) in [7, 11) is 0. The van der Waals surface area contributed by atoms with E-state index < -0.39 is 0 Å². The molecule has 0 bridgehead atoms. The lowest BCUT2D eigenvalue weighted by Gasteiger charge is -2.41. The summed E-state index contributed by atoms with van der Waals surface area (Å²) in [6.45, 7) is 9.36. The predicted octanol–water partition coefficient (Wildman–Crippen LogP) is 2.49. The summed E-state index contributed by atoms with van der Waals surface area (Å²) in [5.74, 6) is 0.00557. The molecule has 5 heteroatoms. The molecule has 2 heterocycles. The minimum absolute atomic E-state index is 0.0414. The van der Waals surface area contributed by atoms with Gasteiger partial charge in [0.15, 0.2) is 0 Å². The van der Waals surface area contributed by atoms with E-state index in [-0.39, 0.29) is 23.8 Å². The number of hydrogen-bond acceptors (Lipinski definition) is 3. The summed E-state index contributed by atoms with van der Waals surface area (Å²) in [6.07, 6.45) is 2.20. The molecule has 0 aliphatic carbocycles. The smallest absolute Gasteiger partial charge is 0.246 e. The van der Waals surface area contributed by atoms with Gasteiger partial charge in [0, 0.05) is 30.6 Å². The molecule has 0 saturated carbocycles. The molecule has 2 amide bonds. The Morgan fingerprint density at radius 1 is 1.52 bits per heavy atom. The van der Waals surface area contributed by atoms with E-state index in [1.54, 1.807) is 11.3 Å². The SMILES string of the molecule is C=CC(=O)N1CCN(C(=O)C(C)c2cccs2)C[C@H]1CC. The van der Waals surface area contributed by atoms with Gasteiger partial charge in [-0.25, -0.2) is 0 Å². The summed E-state index contributed by atoms with van der Waals surface area (Å²) < 4.78 is 0. The molecule has 0 N–H and O–H groups in total. The third-order valence-corrected chi connectivity index (χ3v) is 5.12. The van der Waals surface area contributed by atoms with Crippen LogP contribution in [0, 0.1) is 0 Å². The summed E-state index contributed by atoms with van der Waals surface area (Å²) in [6, 6.07) is 4.06. The van der Waals surface area contributed by atoms with E-state index in [0.29, 0.717) is 19.6 Å². The van der Waals surface area contributed by atoms with Crippen LogP contribution in [0.15, 0.2) is 30.2 Å². The fraction of sp³-hybridized carbons (Fsp3) is 0.500. The molecule has 114 valence electrons. The molecule has 0 spiro atoms. The van der Waals surface area contributed by atoms with Crippen molar-refractivity contribution in [3.8, 4) is 0 Å². The Bertz CT molecular complexity index is 512. The second-order valence-electron chi connectivity index (χ2n) is 5.32. The van der Waals surface area contributed by atoms with E-state index in [2.05, 4.69) is 6.58 Å². The van der Waals surface area contributed by atoms with Crippen molar-refractivity contribution in [1.82, 2.24) is 9.80 Å².